The average molecular weight is 302 g/mol. The van der Waals surface area contributed by atoms with Crippen LogP contribution in [0.2, 0.25) is 0 Å². The Morgan fingerprint density at radius 2 is 1.90 bits per heavy atom. The van der Waals surface area contributed by atoms with Crippen molar-refractivity contribution in [2.45, 2.75) is 18.4 Å². The molecule has 0 spiro atoms. The maximum absolute atomic E-state index is 13.7. The third-order valence-corrected chi connectivity index (χ3v) is 3.15. The number of rotatable bonds is 5. The molecule has 0 aliphatic heterocycles. The van der Waals surface area contributed by atoms with Crippen molar-refractivity contribution in [1.29, 1.82) is 0 Å². The summed E-state index contributed by atoms with van der Waals surface area (Å²) in [5.74, 6) is -1.07. The summed E-state index contributed by atoms with van der Waals surface area (Å²) in [5, 5.41) is 5.15. The fraction of sp³-hybridized carbons (Fsp3) is 0.385. The molecule has 0 aromatic heterocycles. The van der Waals surface area contributed by atoms with Crippen LogP contribution >= 0.6 is 12.4 Å². The van der Waals surface area contributed by atoms with Gasteiger partial charge in [-0.2, -0.15) is 0 Å². The van der Waals surface area contributed by atoms with E-state index in [1.165, 1.54) is 6.07 Å². The molecule has 4 N–H and O–H groups in total. The summed E-state index contributed by atoms with van der Waals surface area (Å²) in [7, 11) is 0. The summed E-state index contributed by atoms with van der Waals surface area (Å²) in [6, 6.07) is 6.39. The van der Waals surface area contributed by atoms with Crippen molar-refractivity contribution in [3.05, 3.63) is 35.6 Å². The highest BCUT2D eigenvalue weighted by molar-refractivity contribution is 5.86. The van der Waals surface area contributed by atoms with Gasteiger partial charge in [0.05, 0.1) is 18.6 Å². The monoisotopic (exact) mass is 301 g/mol. The molecule has 20 heavy (non-hydrogen) atoms. The normalized spacial score (nSPS) is 14.9. The Hall–Kier alpha value is -1.66. The molecule has 5 nitrogen and oxygen atoms in total. The Kier molecular flexibility index (Phi) is 5.47. The number of benzene rings is 1. The molecule has 1 aromatic rings. The van der Waals surface area contributed by atoms with Gasteiger partial charge in [0.2, 0.25) is 11.8 Å². The molecular weight excluding hydrogens is 285 g/mol. The third-order valence-electron chi connectivity index (χ3n) is 3.15. The van der Waals surface area contributed by atoms with E-state index in [2.05, 4.69) is 10.6 Å². The average Bonchev–Trinajstić information content (AvgIpc) is 3.17. The lowest BCUT2D eigenvalue weighted by Gasteiger charge is -2.18. The summed E-state index contributed by atoms with van der Waals surface area (Å²) in [4.78, 5) is 22.7. The van der Waals surface area contributed by atoms with Gasteiger partial charge in [0.1, 0.15) is 5.82 Å². The first-order valence-corrected chi connectivity index (χ1v) is 6.10. The second-order valence-electron chi connectivity index (χ2n) is 4.59. The number of carbonyl (C=O) groups excluding carboxylic acids is 2. The largest absolute Gasteiger partial charge is 0.346 e. The molecular formula is C13H17ClFN3O2. The predicted octanol–water partition coefficient (Wildman–Crippen LogP) is 0.428. The summed E-state index contributed by atoms with van der Waals surface area (Å²) in [6.07, 6.45) is 1.40. The van der Waals surface area contributed by atoms with Crippen LogP contribution in [0.15, 0.2) is 24.3 Å². The number of hydrogen-bond donors (Lipinski definition) is 3. The first-order valence-electron chi connectivity index (χ1n) is 6.10. The minimum atomic E-state index is -0.615. The Morgan fingerprint density at radius 1 is 1.25 bits per heavy atom. The van der Waals surface area contributed by atoms with E-state index in [0.717, 1.165) is 0 Å². The van der Waals surface area contributed by atoms with E-state index >= 15 is 0 Å². The van der Waals surface area contributed by atoms with Crippen LogP contribution in [0, 0.1) is 5.82 Å². The van der Waals surface area contributed by atoms with Crippen molar-refractivity contribution in [3.63, 3.8) is 0 Å². The quantitative estimate of drug-likeness (QED) is 0.737. The van der Waals surface area contributed by atoms with Crippen LogP contribution in [0.5, 0.6) is 0 Å². The lowest BCUT2D eigenvalue weighted by atomic mass is 10.0. The summed E-state index contributed by atoms with van der Waals surface area (Å²) in [6.45, 7) is -0.308. The standard InChI is InChI=1S/C13H16FN3O2.ClH/c14-10-4-2-1-3-9(10)13(5-6-13)17-12(19)8-16-11(18)7-15;/h1-4H,5-8,15H2,(H,16,18)(H,17,19);1H. The molecule has 1 saturated carbocycles. The van der Waals surface area contributed by atoms with Crippen LogP contribution in [-0.4, -0.2) is 24.9 Å². The van der Waals surface area contributed by atoms with Gasteiger partial charge in [-0.3, -0.25) is 9.59 Å². The Morgan fingerprint density at radius 3 is 2.45 bits per heavy atom. The Labute approximate surface area is 122 Å². The highest BCUT2D eigenvalue weighted by Gasteiger charge is 2.47. The molecule has 0 unspecified atom stereocenters. The van der Waals surface area contributed by atoms with E-state index in [0.29, 0.717) is 18.4 Å². The predicted molar refractivity (Wildman–Crippen MR) is 74.8 cm³/mol. The van der Waals surface area contributed by atoms with Gasteiger partial charge in [0.25, 0.3) is 0 Å². The van der Waals surface area contributed by atoms with Gasteiger partial charge in [-0.1, -0.05) is 18.2 Å². The van der Waals surface area contributed by atoms with Crippen LogP contribution in [0.25, 0.3) is 0 Å². The molecule has 0 bridgehead atoms. The molecule has 110 valence electrons. The first kappa shape index (κ1) is 16.4. The van der Waals surface area contributed by atoms with Gasteiger partial charge in [0.15, 0.2) is 0 Å². The minimum absolute atomic E-state index is 0. The molecule has 0 atom stereocenters. The van der Waals surface area contributed by atoms with Gasteiger partial charge < -0.3 is 16.4 Å². The van der Waals surface area contributed by atoms with E-state index in [4.69, 9.17) is 5.73 Å². The zero-order valence-electron chi connectivity index (χ0n) is 10.8. The Bertz CT molecular complexity index is 506. The van der Waals surface area contributed by atoms with Crippen molar-refractivity contribution in [1.82, 2.24) is 10.6 Å². The smallest absolute Gasteiger partial charge is 0.240 e. The topological polar surface area (TPSA) is 84.2 Å². The number of hydrogen-bond acceptors (Lipinski definition) is 3. The van der Waals surface area contributed by atoms with E-state index < -0.39 is 11.4 Å². The number of amides is 2. The molecule has 1 fully saturated rings. The lowest BCUT2D eigenvalue weighted by molar-refractivity contribution is -0.126. The summed E-state index contributed by atoms with van der Waals surface area (Å²) in [5.41, 5.74) is 4.99. The van der Waals surface area contributed by atoms with Crippen LogP contribution in [0.1, 0.15) is 18.4 Å². The molecule has 2 amide bonds. The highest BCUT2D eigenvalue weighted by atomic mass is 35.5. The second kappa shape index (κ2) is 6.67. The second-order valence-corrected chi connectivity index (χ2v) is 4.59. The third kappa shape index (κ3) is 3.68. The molecule has 2 rings (SSSR count). The molecule has 7 heteroatoms. The number of nitrogens with two attached hydrogens (primary N) is 1. The van der Waals surface area contributed by atoms with Crippen molar-refractivity contribution < 1.29 is 14.0 Å². The van der Waals surface area contributed by atoms with Crippen molar-refractivity contribution in [2.75, 3.05) is 13.1 Å². The van der Waals surface area contributed by atoms with Crippen LogP contribution in [-0.2, 0) is 15.1 Å². The molecule has 1 aliphatic rings. The van der Waals surface area contributed by atoms with E-state index in [1.807, 2.05) is 0 Å². The number of nitrogens with one attached hydrogen (secondary N) is 2. The molecule has 0 saturated heterocycles. The SMILES string of the molecule is Cl.NCC(=O)NCC(=O)NC1(c2ccccc2F)CC1. The van der Waals surface area contributed by atoms with E-state index in [1.54, 1.807) is 18.2 Å². The fourth-order valence-corrected chi connectivity index (χ4v) is 2.00. The zero-order valence-corrected chi connectivity index (χ0v) is 11.6. The van der Waals surface area contributed by atoms with Crippen LogP contribution in [0.4, 0.5) is 4.39 Å². The minimum Gasteiger partial charge on any atom is -0.346 e. The number of halogens is 2. The maximum Gasteiger partial charge on any atom is 0.240 e. The zero-order chi connectivity index (χ0) is 13.9. The van der Waals surface area contributed by atoms with Gasteiger partial charge in [-0.25, -0.2) is 4.39 Å². The van der Waals surface area contributed by atoms with Crippen LogP contribution < -0.4 is 16.4 Å². The lowest BCUT2D eigenvalue weighted by Crippen LogP contribution is -2.43. The highest BCUT2D eigenvalue weighted by Crippen LogP contribution is 2.46. The molecule has 1 aliphatic carbocycles. The molecule has 0 radical (unpaired) electrons. The van der Waals surface area contributed by atoms with Crippen molar-refractivity contribution in [3.8, 4) is 0 Å². The van der Waals surface area contributed by atoms with Gasteiger partial charge in [-0.15, -0.1) is 12.4 Å². The van der Waals surface area contributed by atoms with E-state index in [-0.39, 0.29) is 37.2 Å². The van der Waals surface area contributed by atoms with E-state index in [9.17, 15) is 14.0 Å². The summed E-state index contributed by atoms with van der Waals surface area (Å²) < 4.78 is 13.7. The Balaban J connectivity index is 0.00000200. The molecule has 1 aromatic carbocycles. The maximum atomic E-state index is 13.7. The van der Waals surface area contributed by atoms with Crippen molar-refractivity contribution in [2.24, 2.45) is 5.73 Å². The fourth-order valence-electron chi connectivity index (χ4n) is 2.00. The van der Waals surface area contributed by atoms with Crippen molar-refractivity contribution >= 4 is 24.2 Å². The van der Waals surface area contributed by atoms with Gasteiger partial charge in [0, 0.05) is 5.56 Å². The summed E-state index contributed by atoms with van der Waals surface area (Å²) >= 11 is 0. The first-order chi connectivity index (χ1) is 9.07. The number of carbonyl (C=O) groups is 2. The molecule has 0 heterocycles. The van der Waals surface area contributed by atoms with Gasteiger partial charge >= 0.3 is 0 Å². The van der Waals surface area contributed by atoms with Crippen LogP contribution in [0.3, 0.4) is 0 Å². The van der Waals surface area contributed by atoms with Gasteiger partial charge in [-0.05, 0) is 18.9 Å².